The number of rotatable bonds is 6. The first-order chi connectivity index (χ1) is 26.8. The van der Waals surface area contributed by atoms with Gasteiger partial charge in [0.25, 0.3) is 0 Å². The monoisotopic (exact) mass is 708 g/mol. The molecule has 0 fully saturated rings. The second-order valence-corrected chi connectivity index (χ2v) is 14.7. The summed E-state index contributed by atoms with van der Waals surface area (Å²) in [5, 5.41) is 4.81. The number of para-hydroxylation sites is 3. The van der Waals surface area contributed by atoms with Crippen LogP contribution in [-0.4, -0.2) is 4.57 Å². The number of thiophene rings is 1. The Labute approximate surface area is 316 Å². The molecular formula is C50H32N2OS. The van der Waals surface area contributed by atoms with E-state index in [0.717, 1.165) is 39.0 Å². The predicted molar refractivity (Wildman–Crippen MR) is 229 cm³/mol. The SMILES string of the molecule is c1ccc(-c2ccc(N(c3ccc(-c4cccc5c4sc4c6ccccc6n(-c6ccccc6)c54)cc3)c3ccc4c(c3)oc3ccccc34)cc2)cc1. The van der Waals surface area contributed by atoms with Crippen LogP contribution in [0.4, 0.5) is 17.1 Å². The number of hydrogen-bond donors (Lipinski definition) is 0. The van der Waals surface area contributed by atoms with E-state index in [4.69, 9.17) is 4.42 Å². The van der Waals surface area contributed by atoms with Gasteiger partial charge in [-0.3, -0.25) is 0 Å². The molecule has 0 saturated heterocycles. The van der Waals surface area contributed by atoms with E-state index in [-0.39, 0.29) is 0 Å². The van der Waals surface area contributed by atoms with Gasteiger partial charge >= 0.3 is 0 Å². The zero-order valence-corrected chi connectivity index (χ0v) is 30.0. The highest BCUT2D eigenvalue weighted by Crippen LogP contribution is 2.46. The highest BCUT2D eigenvalue weighted by Gasteiger charge is 2.20. The van der Waals surface area contributed by atoms with E-state index in [1.54, 1.807) is 0 Å². The Bertz CT molecular complexity index is 3140. The Kier molecular flexibility index (Phi) is 7.04. The first kappa shape index (κ1) is 30.7. The fourth-order valence-corrected chi connectivity index (χ4v) is 9.44. The van der Waals surface area contributed by atoms with Gasteiger partial charge in [0.1, 0.15) is 11.2 Å². The molecule has 0 bridgehead atoms. The summed E-state index contributed by atoms with van der Waals surface area (Å²) in [7, 11) is 0. The lowest BCUT2D eigenvalue weighted by molar-refractivity contribution is 0.669. The summed E-state index contributed by atoms with van der Waals surface area (Å²) < 4.78 is 11.4. The van der Waals surface area contributed by atoms with Gasteiger partial charge in [-0.15, -0.1) is 11.3 Å². The van der Waals surface area contributed by atoms with E-state index in [2.05, 4.69) is 191 Å². The van der Waals surface area contributed by atoms with Gasteiger partial charge in [-0.1, -0.05) is 127 Å². The van der Waals surface area contributed by atoms with Crippen LogP contribution in [0.5, 0.6) is 0 Å². The smallest absolute Gasteiger partial charge is 0.137 e. The zero-order valence-electron chi connectivity index (χ0n) is 29.2. The maximum atomic E-state index is 6.36. The molecule has 254 valence electrons. The molecule has 3 nitrogen and oxygen atoms in total. The van der Waals surface area contributed by atoms with E-state index in [9.17, 15) is 0 Å². The second-order valence-electron chi connectivity index (χ2n) is 13.7. The summed E-state index contributed by atoms with van der Waals surface area (Å²) in [5.41, 5.74) is 13.5. The molecule has 3 aromatic heterocycles. The summed E-state index contributed by atoms with van der Waals surface area (Å²) in [6.07, 6.45) is 0. The standard InChI is InChI=1S/C50H32N2OS/c1-3-12-33(13-4-1)34-22-26-37(27-23-34)51(39-30-31-42-41-16-8-10-21-46(41)53-47(42)32-39)38-28-24-35(25-29-38)40-18-11-19-44-48-50(54-49(40)44)43-17-7-9-20-45(43)52(48)36-14-5-2-6-15-36/h1-32H. The van der Waals surface area contributed by atoms with Crippen molar-refractivity contribution >= 4 is 81.5 Å². The van der Waals surface area contributed by atoms with Gasteiger partial charge in [0.2, 0.25) is 0 Å². The Balaban J connectivity index is 1.04. The van der Waals surface area contributed by atoms with Crippen LogP contribution in [0.3, 0.4) is 0 Å². The largest absolute Gasteiger partial charge is 0.456 e. The molecule has 11 rings (SSSR count). The molecule has 0 aliphatic carbocycles. The van der Waals surface area contributed by atoms with Crippen molar-refractivity contribution in [2.75, 3.05) is 4.90 Å². The van der Waals surface area contributed by atoms with E-state index < -0.39 is 0 Å². The Morgan fingerprint density at radius 1 is 0.407 bits per heavy atom. The molecule has 0 aliphatic rings. The van der Waals surface area contributed by atoms with Crippen molar-refractivity contribution in [2.24, 2.45) is 0 Å². The third-order valence-corrected chi connectivity index (χ3v) is 11.9. The molecule has 3 heterocycles. The van der Waals surface area contributed by atoms with Crippen molar-refractivity contribution in [3.63, 3.8) is 0 Å². The van der Waals surface area contributed by atoms with Gasteiger partial charge < -0.3 is 13.9 Å². The maximum absolute atomic E-state index is 6.36. The fraction of sp³-hybridized carbons (Fsp3) is 0. The van der Waals surface area contributed by atoms with Gasteiger partial charge in [0, 0.05) is 55.1 Å². The van der Waals surface area contributed by atoms with Crippen molar-refractivity contribution in [3.8, 4) is 27.9 Å². The number of hydrogen-bond acceptors (Lipinski definition) is 3. The van der Waals surface area contributed by atoms with Crippen LogP contribution in [0.1, 0.15) is 0 Å². The van der Waals surface area contributed by atoms with Gasteiger partial charge in [-0.05, 0) is 82.9 Å². The molecule has 0 N–H and O–H groups in total. The molecule has 0 spiro atoms. The number of benzene rings is 8. The molecule has 54 heavy (non-hydrogen) atoms. The van der Waals surface area contributed by atoms with Gasteiger partial charge in [0.05, 0.1) is 15.7 Å². The second kappa shape index (κ2) is 12.4. The van der Waals surface area contributed by atoms with E-state index >= 15 is 0 Å². The Morgan fingerprint density at radius 2 is 1.00 bits per heavy atom. The molecule has 0 saturated carbocycles. The van der Waals surface area contributed by atoms with Crippen molar-refractivity contribution in [2.45, 2.75) is 0 Å². The van der Waals surface area contributed by atoms with Gasteiger partial charge in [-0.25, -0.2) is 0 Å². The predicted octanol–water partition coefficient (Wildman–Crippen LogP) is 14.7. The lowest BCUT2D eigenvalue weighted by Crippen LogP contribution is -2.09. The summed E-state index contributed by atoms with van der Waals surface area (Å²) in [4.78, 5) is 2.32. The van der Waals surface area contributed by atoms with Crippen molar-refractivity contribution in [1.82, 2.24) is 4.57 Å². The first-order valence-electron chi connectivity index (χ1n) is 18.3. The lowest BCUT2D eigenvalue weighted by Gasteiger charge is -2.26. The van der Waals surface area contributed by atoms with Crippen LogP contribution < -0.4 is 4.90 Å². The Morgan fingerprint density at radius 3 is 1.78 bits per heavy atom. The number of anilines is 3. The summed E-state index contributed by atoms with van der Waals surface area (Å²) >= 11 is 1.89. The van der Waals surface area contributed by atoms with E-state index in [0.29, 0.717) is 0 Å². The fourth-order valence-electron chi connectivity index (χ4n) is 8.09. The average Bonchev–Trinajstić information content (AvgIpc) is 3.91. The third kappa shape index (κ3) is 4.88. The van der Waals surface area contributed by atoms with Gasteiger partial charge in [-0.2, -0.15) is 0 Å². The molecule has 0 atom stereocenters. The topological polar surface area (TPSA) is 21.3 Å². The van der Waals surface area contributed by atoms with Crippen molar-refractivity contribution in [3.05, 3.63) is 194 Å². The molecule has 11 aromatic rings. The quantitative estimate of drug-likeness (QED) is 0.171. The van der Waals surface area contributed by atoms with Gasteiger partial charge in [0.15, 0.2) is 0 Å². The third-order valence-electron chi connectivity index (χ3n) is 10.6. The zero-order chi connectivity index (χ0) is 35.6. The number of furan rings is 1. The first-order valence-corrected chi connectivity index (χ1v) is 19.1. The van der Waals surface area contributed by atoms with Crippen LogP contribution in [0.25, 0.3) is 81.1 Å². The van der Waals surface area contributed by atoms with Crippen molar-refractivity contribution in [1.29, 1.82) is 0 Å². The molecule has 0 aliphatic heterocycles. The summed E-state index contributed by atoms with van der Waals surface area (Å²) in [6, 6.07) is 69.4. The highest BCUT2D eigenvalue weighted by atomic mass is 32.1. The van der Waals surface area contributed by atoms with Crippen LogP contribution in [0, 0.1) is 0 Å². The Hall–Kier alpha value is -6.88. The summed E-state index contributed by atoms with van der Waals surface area (Å²) in [6.45, 7) is 0. The van der Waals surface area contributed by atoms with Crippen LogP contribution in [-0.2, 0) is 0 Å². The molecule has 0 amide bonds. The van der Waals surface area contributed by atoms with Crippen LogP contribution in [0.15, 0.2) is 199 Å². The van der Waals surface area contributed by atoms with Crippen LogP contribution in [0.2, 0.25) is 0 Å². The molecule has 8 aromatic carbocycles. The van der Waals surface area contributed by atoms with Crippen LogP contribution >= 0.6 is 11.3 Å². The summed E-state index contributed by atoms with van der Waals surface area (Å²) in [5.74, 6) is 0. The lowest BCUT2D eigenvalue weighted by atomic mass is 10.0. The minimum absolute atomic E-state index is 0.875. The highest BCUT2D eigenvalue weighted by molar-refractivity contribution is 7.27. The molecular weight excluding hydrogens is 677 g/mol. The maximum Gasteiger partial charge on any atom is 0.137 e. The minimum Gasteiger partial charge on any atom is -0.456 e. The molecule has 4 heteroatoms. The normalized spacial score (nSPS) is 11.7. The number of fused-ring (bicyclic) bond motifs is 8. The molecule has 0 radical (unpaired) electrons. The number of aromatic nitrogens is 1. The number of nitrogens with zero attached hydrogens (tertiary/aromatic N) is 2. The molecule has 0 unspecified atom stereocenters. The minimum atomic E-state index is 0.875. The van der Waals surface area contributed by atoms with Crippen molar-refractivity contribution < 1.29 is 4.42 Å². The van der Waals surface area contributed by atoms with E-state index in [1.807, 2.05) is 23.5 Å². The van der Waals surface area contributed by atoms with E-state index in [1.165, 1.54) is 59.1 Å². The average molecular weight is 709 g/mol.